The third-order valence-corrected chi connectivity index (χ3v) is 3.94. The first kappa shape index (κ1) is 15.4. The minimum absolute atomic E-state index is 0.179. The maximum Gasteiger partial charge on any atom is 0.226 e. The minimum Gasteiger partial charge on any atom is -0.265 e. The van der Waals surface area contributed by atoms with Gasteiger partial charge in [0.25, 0.3) is 0 Å². The third kappa shape index (κ3) is 3.39. The second kappa shape index (κ2) is 6.79. The highest BCUT2D eigenvalue weighted by molar-refractivity contribution is 6.28. The molecule has 0 aliphatic carbocycles. The number of benzene rings is 2. The first-order valence-corrected chi connectivity index (χ1v) is 8.15. The van der Waals surface area contributed by atoms with Crippen molar-refractivity contribution in [1.82, 2.24) is 19.9 Å². The summed E-state index contributed by atoms with van der Waals surface area (Å²) in [7, 11) is 0. The summed E-state index contributed by atoms with van der Waals surface area (Å²) in [6.07, 6.45) is 3.55. The highest BCUT2D eigenvalue weighted by Gasteiger charge is 2.10. The van der Waals surface area contributed by atoms with E-state index in [4.69, 9.17) is 11.6 Å². The molecule has 25 heavy (non-hydrogen) atoms. The Bertz CT molecular complexity index is 1000. The molecule has 0 aliphatic heterocycles. The van der Waals surface area contributed by atoms with Crippen molar-refractivity contribution >= 4 is 11.6 Å². The van der Waals surface area contributed by atoms with Gasteiger partial charge in [-0.05, 0) is 40.9 Å². The Balaban J connectivity index is 1.79. The lowest BCUT2D eigenvalue weighted by atomic mass is 10.0. The van der Waals surface area contributed by atoms with Gasteiger partial charge >= 0.3 is 0 Å². The van der Waals surface area contributed by atoms with Crippen LogP contribution in [0.5, 0.6) is 0 Å². The molecule has 2 aromatic heterocycles. The van der Waals surface area contributed by atoms with Crippen molar-refractivity contribution in [3.05, 3.63) is 84.4 Å². The largest absolute Gasteiger partial charge is 0.265 e. The number of pyridine rings is 1. The summed E-state index contributed by atoms with van der Waals surface area (Å²) < 4.78 is 0. The van der Waals surface area contributed by atoms with E-state index in [1.807, 2.05) is 66.7 Å². The number of halogens is 1. The van der Waals surface area contributed by atoms with Gasteiger partial charge in [0.2, 0.25) is 5.28 Å². The second-order valence-corrected chi connectivity index (χ2v) is 5.77. The molecular weight excluding hydrogens is 332 g/mol. The average Bonchev–Trinajstić information content (AvgIpc) is 2.69. The zero-order valence-corrected chi connectivity index (χ0v) is 13.9. The molecule has 0 N–H and O–H groups in total. The summed E-state index contributed by atoms with van der Waals surface area (Å²) in [5, 5.41) is 0.179. The molecule has 0 atom stereocenters. The van der Waals surface area contributed by atoms with Gasteiger partial charge in [0, 0.05) is 23.5 Å². The molecule has 0 amide bonds. The van der Waals surface area contributed by atoms with E-state index in [-0.39, 0.29) is 5.28 Å². The molecule has 2 heterocycles. The molecule has 4 aromatic rings. The summed E-state index contributed by atoms with van der Waals surface area (Å²) in [6, 6.07) is 21.7. The van der Waals surface area contributed by atoms with Crippen LogP contribution in [0.25, 0.3) is 33.9 Å². The molecule has 0 bridgehead atoms. The fourth-order valence-electron chi connectivity index (χ4n) is 2.58. The maximum absolute atomic E-state index is 6.14. The number of nitrogens with zero attached hydrogens (tertiary/aromatic N) is 4. The van der Waals surface area contributed by atoms with Crippen molar-refractivity contribution in [2.75, 3.05) is 0 Å². The Morgan fingerprint density at radius 2 is 1.20 bits per heavy atom. The second-order valence-electron chi connectivity index (χ2n) is 5.43. The Hall–Kier alpha value is -3.11. The van der Waals surface area contributed by atoms with E-state index in [2.05, 4.69) is 19.9 Å². The van der Waals surface area contributed by atoms with Crippen LogP contribution in [0.1, 0.15) is 0 Å². The van der Waals surface area contributed by atoms with E-state index in [1.165, 1.54) is 0 Å². The number of hydrogen-bond donors (Lipinski definition) is 0. The fraction of sp³-hybridized carbons (Fsp3) is 0. The zero-order chi connectivity index (χ0) is 17.1. The van der Waals surface area contributed by atoms with Crippen molar-refractivity contribution in [3.8, 4) is 33.9 Å². The van der Waals surface area contributed by atoms with E-state index >= 15 is 0 Å². The van der Waals surface area contributed by atoms with Gasteiger partial charge in [-0.1, -0.05) is 48.5 Å². The summed E-state index contributed by atoms with van der Waals surface area (Å²) in [5.41, 5.74) is 3.94. The van der Waals surface area contributed by atoms with E-state index < -0.39 is 0 Å². The molecule has 4 rings (SSSR count). The third-order valence-electron chi connectivity index (χ3n) is 3.77. The Morgan fingerprint density at radius 3 is 1.96 bits per heavy atom. The molecule has 120 valence electrons. The van der Waals surface area contributed by atoms with Crippen LogP contribution in [0.4, 0.5) is 0 Å². The molecule has 0 saturated carbocycles. The van der Waals surface area contributed by atoms with Crippen LogP contribution >= 0.6 is 11.6 Å². The van der Waals surface area contributed by atoms with Gasteiger partial charge in [-0.25, -0.2) is 4.98 Å². The zero-order valence-electron chi connectivity index (χ0n) is 13.2. The van der Waals surface area contributed by atoms with E-state index in [0.717, 1.165) is 22.3 Å². The molecule has 0 aliphatic rings. The molecule has 4 nitrogen and oxygen atoms in total. The van der Waals surface area contributed by atoms with E-state index in [1.54, 1.807) is 12.4 Å². The Labute approximate surface area is 150 Å². The molecule has 0 spiro atoms. The van der Waals surface area contributed by atoms with Crippen molar-refractivity contribution in [2.45, 2.75) is 0 Å². The van der Waals surface area contributed by atoms with Crippen LogP contribution in [-0.4, -0.2) is 19.9 Å². The normalized spacial score (nSPS) is 10.6. The molecule has 0 saturated heterocycles. The van der Waals surface area contributed by atoms with Gasteiger partial charge in [0.15, 0.2) is 11.6 Å². The van der Waals surface area contributed by atoms with Crippen LogP contribution in [0.15, 0.2) is 79.1 Å². The quantitative estimate of drug-likeness (QED) is 0.529. The van der Waals surface area contributed by atoms with Crippen molar-refractivity contribution < 1.29 is 0 Å². The van der Waals surface area contributed by atoms with Gasteiger partial charge in [-0.3, -0.25) is 4.98 Å². The van der Waals surface area contributed by atoms with E-state index in [0.29, 0.717) is 11.6 Å². The van der Waals surface area contributed by atoms with Crippen molar-refractivity contribution in [1.29, 1.82) is 0 Å². The van der Waals surface area contributed by atoms with Crippen molar-refractivity contribution in [2.24, 2.45) is 0 Å². The fourth-order valence-corrected chi connectivity index (χ4v) is 2.74. The van der Waals surface area contributed by atoms with Gasteiger partial charge in [-0.15, -0.1) is 0 Å². The number of aromatic nitrogens is 4. The van der Waals surface area contributed by atoms with Crippen LogP contribution in [0.3, 0.4) is 0 Å². The smallest absolute Gasteiger partial charge is 0.226 e. The molecule has 0 radical (unpaired) electrons. The molecule has 5 heteroatoms. The predicted molar refractivity (Wildman–Crippen MR) is 98.9 cm³/mol. The monoisotopic (exact) mass is 344 g/mol. The standard InChI is InChI=1S/C20H13ClN4/c21-20-24-18(15-5-2-1-3-6-15)23-19(25-20)17-8-4-7-16(13-17)14-9-11-22-12-10-14/h1-13H. The minimum atomic E-state index is 0.179. The summed E-state index contributed by atoms with van der Waals surface area (Å²) in [5.74, 6) is 1.11. The molecular formula is C20H13ClN4. The summed E-state index contributed by atoms with van der Waals surface area (Å²) in [4.78, 5) is 17.2. The average molecular weight is 345 g/mol. The van der Waals surface area contributed by atoms with Gasteiger partial charge in [0.1, 0.15) is 0 Å². The molecule has 0 unspecified atom stereocenters. The number of hydrogen-bond acceptors (Lipinski definition) is 4. The summed E-state index contributed by atoms with van der Waals surface area (Å²) in [6.45, 7) is 0. The lowest BCUT2D eigenvalue weighted by molar-refractivity contribution is 1.07. The Morgan fingerprint density at radius 1 is 0.560 bits per heavy atom. The summed E-state index contributed by atoms with van der Waals surface area (Å²) >= 11 is 6.14. The van der Waals surface area contributed by atoms with E-state index in [9.17, 15) is 0 Å². The van der Waals surface area contributed by atoms with Gasteiger partial charge < -0.3 is 0 Å². The lowest BCUT2D eigenvalue weighted by Crippen LogP contribution is -1.97. The first-order valence-electron chi connectivity index (χ1n) is 7.77. The molecule has 2 aromatic carbocycles. The van der Waals surface area contributed by atoms with Gasteiger partial charge in [0.05, 0.1) is 0 Å². The SMILES string of the molecule is Clc1nc(-c2ccccc2)nc(-c2cccc(-c3ccncc3)c2)n1. The van der Waals surface area contributed by atoms with Crippen LogP contribution < -0.4 is 0 Å². The van der Waals surface area contributed by atoms with Crippen LogP contribution in [0.2, 0.25) is 5.28 Å². The van der Waals surface area contributed by atoms with Crippen LogP contribution in [-0.2, 0) is 0 Å². The molecule has 0 fully saturated rings. The Kier molecular flexibility index (Phi) is 4.19. The first-order chi connectivity index (χ1) is 12.3. The van der Waals surface area contributed by atoms with Crippen molar-refractivity contribution in [3.63, 3.8) is 0 Å². The maximum atomic E-state index is 6.14. The van der Waals surface area contributed by atoms with Crippen LogP contribution in [0, 0.1) is 0 Å². The highest BCUT2D eigenvalue weighted by Crippen LogP contribution is 2.26. The topological polar surface area (TPSA) is 51.6 Å². The lowest BCUT2D eigenvalue weighted by Gasteiger charge is -2.07. The number of rotatable bonds is 3. The highest BCUT2D eigenvalue weighted by atomic mass is 35.5. The van der Waals surface area contributed by atoms with Gasteiger partial charge in [-0.2, -0.15) is 9.97 Å². The predicted octanol–water partition coefficient (Wildman–Crippen LogP) is 4.92.